The van der Waals surface area contributed by atoms with Crippen LogP contribution in [0.25, 0.3) is 0 Å². The van der Waals surface area contributed by atoms with Crippen molar-refractivity contribution in [1.29, 1.82) is 0 Å². The van der Waals surface area contributed by atoms with Crippen LogP contribution in [0.15, 0.2) is 102 Å². The van der Waals surface area contributed by atoms with Gasteiger partial charge in [-0.3, -0.25) is 4.99 Å². The van der Waals surface area contributed by atoms with Crippen molar-refractivity contribution in [2.24, 2.45) is 4.99 Å². The molecule has 168 valence electrons. The fourth-order valence-electron chi connectivity index (χ4n) is 5.37. The second kappa shape index (κ2) is 7.86. The monoisotopic (exact) mass is 447 g/mol. The Balaban J connectivity index is 1.65. The van der Waals surface area contributed by atoms with Crippen LogP contribution in [0.4, 0.5) is 0 Å². The van der Waals surface area contributed by atoms with E-state index >= 15 is 0 Å². The highest BCUT2D eigenvalue weighted by Crippen LogP contribution is 2.55. The highest BCUT2D eigenvalue weighted by molar-refractivity contribution is 5.83. The summed E-state index contributed by atoms with van der Waals surface area (Å²) in [6.07, 6.45) is 2.78. The molecule has 4 nitrogen and oxygen atoms in total. The minimum Gasteiger partial charge on any atom is -0.496 e. The Bertz CT molecular complexity index is 1310. The molecule has 1 aliphatic heterocycles. The van der Waals surface area contributed by atoms with Crippen molar-refractivity contribution in [2.75, 3.05) is 14.2 Å². The van der Waals surface area contributed by atoms with E-state index in [0.717, 1.165) is 40.2 Å². The number of fused-ring (bicyclic) bond motifs is 4. The number of hydrogen-bond acceptors (Lipinski definition) is 4. The van der Waals surface area contributed by atoms with Crippen molar-refractivity contribution in [3.8, 4) is 11.5 Å². The molecular formula is C30H25NO3. The van der Waals surface area contributed by atoms with Gasteiger partial charge in [-0.15, -0.1) is 0 Å². The van der Waals surface area contributed by atoms with Gasteiger partial charge in [-0.25, -0.2) is 0 Å². The van der Waals surface area contributed by atoms with Gasteiger partial charge in [0.25, 0.3) is 0 Å². The molecule has 4 aromatic carbocycles. The largest absolute Gasteiger partial charge is 0.496 e. The maximum atomic E-state index is 7.31. The lowest BCUT2D eigenvalue weighted by molar-refractivity contribution is -0.0646. The van der Waals surface area contributed by atoms with Crippen molar-refractivity contribution in [3.63, 3.8) is 0 Å². The minimum absolute atomic E-state index is 0.731. The molecule has 0 aromatic heterocycles. The molecule has 0 fully saturated rings. The molecule has 0 amide bonds. The topological polar surface area (TPSA) is 40.0 Å². The van der Waals surface area contributed by atoms with Gasteiger partial charge in [0.15, 0.2) is 5.60 Å². The number of methoxy groups -OCH3 is 2. The molecule has 0 N–H and O–H groups in total. The van der Waals surface area contributed by atoms with Gasteiger partial charge in [0.2, 0.25) is 5.72 Å². The SMILES string of the molecule is COc1ccccc1C1(c2ccccc2OC)C=NC2(O1)c1ccccc1Cc1ccccc12. The van der Waals surface area contributed by atoms with Gasteiger partial charge in [0, 0.05) is 28.5 Å². The Morgan fingerprint density at radius 3 is 1.56 bits per heavy atom. The Labute approximate surface area is 199 Å². The summed E-state index contributed by atoms with van der Waals surface area (Å²) < 4.78 is 18.9. The van der Waals surface area contributed by atoms with Gasteiger partial charge in [-0.05, 0) is 29.7 Å². The van der Waals surface area contributed by atoms with E-state index in [9.17, 15) is 0 Å². The lowest BCUT2D eigenvalue weighted by Crippen LogP contribution is -2.39. The quantitative estimate of drug-likeness (QED) is 0.394. The molecule has 34 heavy (non-hydrogen) atoms. The maximum Gasteiger partial charge on any atom is 0.213 e. The van der Waals surface area contributed by atoms with Crippen LogP contribution < -0.4 is 9.47 Å². The van der Waals surface area contributed by atoms with E-state index in [4.69, 9.17) is 19.2 Å². The predicted molar refractivity (Wildman–Crippen MR) is 133 cm³/mol. The number of rotatable bonds is 4. The summed E-state index contributed by atoms with van der Waals surface area (Å²) in [5, 5.41) is 0. The average molecular weight is 448 g/mol. The molecule has 4 heteroatoms. The third-order valence-corrected chi connectivity index (χ3v) is 6.90. The summed E-state index contributed by atoms with van der Waals surface area (Å²) in [4.78, 5) is 5.21. The molecule has 0 saturated carbocycles. The molecule has 0 unspecified atom stereocenters. The van der Waals surface area contributed by atoms with Gasteiger partial charge in [-0.2, -0.15) is 0 Å². The van der Waals surface area contributed by atoms with Gasteiger partial charge >= 0.3 is 0 Å². The first kappa shape index (κ1) is 20.7. The number of hydrogen-bond donors (Lipinski definition) is 0. The molecule has 6 rings (SSSR count). The maximum absolute atomic E-state index is 7.31. The number of nitrogens with zero attached hydrogens (tertiary/aromatic N) is 1. The fraction of sp³-hybridized carbons (Fsp3) is 0.167. The van der Waals surface area contributed by atoms with Crippen molar-refractivity contribution < 1.29 is 14.2 Å². The zero-order chi connectivity index (χ0) is 23.2. The summed E-state index contributed by atoms with van der Waals surface area (Å²) in [5.74, 6) is 1.46. The van der Waals surface area contributed by atoms with Crippen molar-refractivity contribution in [1.82, 2.24) is 0 Å². The standard InChI is InChI=1S/C30H25NO3/c1-32-27-17-9-7-15-25(27)29(26-16-8-10-18-28(26)33-2)20-31-30(34-29)23-13-5-3-11-21(23)19-22-12-4-6-14-24(22)30/h3-18,20H,19H2,1-2H3. The van der Waals surface area contributed by atoms with E-state index in [1.54, 1.807) is 14.2 Å². The minimum atomic E-state index is -1.02. The Morgan fingerprint density at radius 2 is 1.06 bits per heavy atom. The van der Waals surface area contributed by atoms with E-state index in [0.29, 0.717) is 0 Å². The molecule has 4 aromatic rings. The summed E-state index contributed by atoms with van der Waals surface area (Å²) in [6.45, 7) is 0. The number of aliphatic imine (C=N–C) groups is 1. The number of ether oxygens (including phenoxy) is 3. The molecule has 1 heterocycles. The molecule has 0 radical (unpaired) electrons. The second-order valence-electron chi connectivity index (χ2n) is 8.63. The van der Waals surface area contributed by atoms with Gasteiger partial charge in [0.05, 0.1) is 14.2 Å². The van der Waals surface area contributed by atoms with Crippen LogP contribution in [0.5, 0.6) is 11.5 Å². The van der Waals surface area contributed by atoms with E-state index in [-0.39, 0.29) is 0 Å². The van der Waals surface area contributed by atoms with Crippen molar-refractivity contribution >= 4 is 6.21 Å². The number of para-hydroxylation sites is 2. The molecule has 1 aliphatic carbocycles. The number of benzene rings is 4. The van der Waals surface area contributed by atoms with E-state index in [1.165, 1.54) is 11.1 Å². The smallest absolute Gasteiger partial charge is 0.213 e. The van der Waals surface area contributed by atoms with E-state index in [2.05, 4.69) is 48.5 Å². The summed E-state index contributed by atoms with van der Waals surface area (Å²) in [6, 6.07) is 32.8. The molecule has 0 saturated heterocycles. The molecule has 0 bridgehead atoms. The lowest BCUT2D eigenvalue weighted by atomic mass is 9.79. The third kappa shape index (κ3) is 2.85. The van der Waals surface area contributed by atoms with E-state index in [1.807, 2.05) is 54.7 Å². The van der Waals surface area contributed by atoms with Gasteiger partial charge in [-0.1, -0.05) is 84.9 Å². The van der Waals surface area contributed by atoms with Crippen LogP contribution in [-0.4, -0.2) is 20.4 Å². The zero-order valence-electron chi connectivity index (χ0n) is 19.2. The van der Waals surface area contributed by atoms with Gasteiger partial charge < -0.3 is 14.2 Å². The summed E-state index contributed by atoms with van der Waals surface area (Å²) >= 11 is 0. The van der Waals surface area contributed by atoms with Crippen LogP contribution in [0.1, 0.15) is 33.4 Å². The Kier molecular flexibility index (Phi) is 4.78. The molecule has 1 spiro atoms. The lowest BCUT2D eigenvalue weighted by Gasteiger charge is -2.39. The van der Waals surface area contributed by atoms with Crippen LogP contribution in [0, 0.1) is 0 Å². The second-order valence-corrected chi connectivity index (χ2v) is 8.63. The Morgan fingerprint density at radius 1 is 0.618 bits per heavy atom. The first-order valence-electron chi connectivity index (χ1n) is 11.4. The average Bonchev–Trinajstić information content (AvgIpc) is 3.31. The molecule has 2 aliphatic rings. The van der Waals surface area contributed by atoms with Gasteiger partial charge in [0.1, 0.15) is 11.5 Å². The highest BCUT2D eigenvalue weighted by atomic mass is 16.5. The fourth-order valence-corrected chi connectivity index (χ4v) is 5.37. The molecule has 0 atom stereocenters. The summed E-state index contributed by atoms with van der Waals surface area (Å²) in [7, 11) is 3.36. The van der Waals surface area contributed by atoms with E-state index < -0.39 is 11.3 Å². The van der Waals surface area contributed by atoms with Crippen LogP contribution in [0.2, 0.25) is 0 Å². The highest BCUT2D eigenvalue weighted by Gasteiger charge is 2.55. The van der Waals surface area contributed by atoms with Crippen LogP contribution >= 0.6 is 0 Å². The van der Waals surface area contributed by atoms with Crippen molar-refractivity contribution in [2.45, 2.75) is 17.7 Å². The molecular weight excluding hydrogens is 422 g/mol. The normalized spacial score (nSPS) is 16.6. The van der Waals surface area contributed by atoms with Crippen molar-refractivity contribution in [3.05, 3.63) is 130 Å². The summed E-state index contributed by atoms with van der Waals surface area (Å²) in [5.41, 5.74) is 4.33. The first-order chi connectivity index (χ1) is 16.7. The zero-order valence-corrected chi connectivity index (χ0v) is 19.2. The third-order valence-electron chi connectivity index (χ3n) is 6.90. The van der Waals surface area contributed by atoms with Crippen LogP contribution in [-0.2, 0) is 22.5 Å². The first-order valence-corrected chi connectivity index (χ1v) is 11.4. The van der Waals surface area contributed by atoms with Crippen LogP contribution in [0.3, 0.4) is 0 Å². The predicted octanol–water partition coefficient (Wildman–Crippen LogP) is 5.85. The Hall–Kier alpha value is -3.89.